The minimum absolute atomic E-state index is 0.131. The molecule has 0 bridgehead atoms. The maximum atomic E-state index is 13.4. The number of carbonyl (C=O) groups is 1. The van der Waals surface area contributed by atoms with E-state index in [0.717, 1.165) is 59.3 Å². The molecule has 1 fully saturated rings. The van der Waals surface area contributed by atoms with Gasteiger partial charge in [-0.15, -0.1) is 0 Å². The van der Waals surface area contributed by atoms with Crippen molar-refractivity contribution in [3.05, 3.63) is 94.3 Å². The Morgan fingerprint density at radius 2 is 1.73 bits per heavy atom. The summed E-state index contributed by atoms with van der Waals surface area (Å²) in [6.45, 7) is 4.33. The van der Waals surface area contributed by atoms with E-state index in [2.05, 4.69) is 65.4 Å². The first-order chi connectivity index (χ1) is 18.0. The molecule has 2 aromatic carbocycles. The quantitative estimate of drug-likeness (QED) is 0.288. The van der Waals surface area contributed by atoms with Crippen LogP contribution in [-0.2, 0) is 25.7 Å². The first kappa shape index (κ1) is 23.8. The number of ketones is 1. The standard InChI is InChI=1S/C33H35N3O/c1-21-10-12-23(13-11-21)16-24-6-5-7-25(17-24)18-31(37)29-19-30(35-22(29)2)33-34-20-27-15-14-26-8-3-4-9-28(26)32(27)36-33/h3-9,17,19-21,23,35H,10-16,18H2,1-2H3. The lowest BCUT2D eigenvalue weighted by Crippen LogP contribution is -2.14. The molecular weight excluding hydrogens is 454 g/mol. The fourth-order valence-corrected chi connectivity index (χ4v) is 6.17. The first-order valence-electron chi connectivity index (χ1n) is 13.8. The van der Waals surface area contributed by atoms with E-state index in [-0.39, 0.29) is 5.78 Å². The number of fused-ring (bicyclic) bond motifs is 3. The summed E-state index contributed by atoms with van der Waals surface area (Å²) in [5.41, 5.74) is 9.56. The lowest BCUT2D eigenvalue weighted by Gasteiger charge is -2.26. The van der Waals surface area contributed by atoms with Crippen molar-refractivity contribution in [3.63, 3.8) is 0 Å². The number of Topliss-reactive ketones (excluding diaryl/α,β-unsaturated/α-hetero) is 1. The summed E-state index contributed by atoms with van der Waals surface area (Å²) in [5.74, 6) is 2.42. The monoisotopic (exact) mass is 489 g/mol. The molecule has 0 atom stereocenters. The Kier molecular flexibility index (Phi) is 6.50. The van der Waals surface area contributed by atoms with Crippen LogP contribution in [0.3, 0.4) is 0 Å². The highest BCUT2D eigenvalue weighted by atomic mass is 16.1. The molecule has 188 valence electrons. The second-order valence-corrected chi connectivity index (χ2v) is 11.2. The predicted molar refractivity (Wildman–Crippen MR) is 149 cm³/mol. The topological polar surface area (TPSA) is 58.6 Å². The van der Waals surface area contributed by atoms with E-state index < -0.39 is 0 Å². The van der Waals surface area contributed by atoms with E-state index in [0.29, 0.717) is 12.2 Å². The highest BCUT2D eigenvalue weighted by molar-refractivity contribution is 5.99. The van der Waals surface area contributed by atoms with Crippen molar-refractivity contribution < 1.29 is 4.79 Å². The maximum absolute atomic E-state index is 13.4. The van der Waals surface area contributed by atoms with Gasteiger partial charge in [-0.3, -0.25) is 4.79 Å². The molecule has 1 N–H and O–H groups in total. The van der Waals surface area contributed by atoms with Crippen LogP contribution in [0.2, 0.25) is 0 Å². The van der Waals surface area contributed by atoms with E-state index in [9.17, 15) is 4.79 Å². The Balaban J connectivity index is 1.19. The molecule has 2 aliphatic carbocycles. The number of hydrogen-bond donors (Lipinski definition) is 1. The number of nitrogens with zero attached hydrogens (tertiary/aromatic N) is 2. The fourth-order valence-electron chi connectivity index (χ4n) is 6.17. The van der Waals surface area contributed by atoms with Crippen LogP contribution >= 0.6 is 0 Å². The highest BCUT2D eigenvalue weighted by Gasteiger charge is 2.21. The van der Waals surface area contributed by atoms with Crippen LogP contribution in [0.4, 0.5) is 0 Å². The van der Waals surface area contributed by atoms with Crippen molar-refractivity contribution in [2.24, 2.45) is 11.8 Å². The number of aromatic nitrogens is 3. The van der Waals surface area contributed by atoms with Crippen LogP contribution in [0.25, 0.3) is 22.8 Å². The number of aromatic amines is 1. The molecule has 4 aromatic rings. The molecule has 2 aromatic heterocycles. The lowest BCUT2D eigenvalue weighted by molar-refractivity contribution is 0.0992. The van der Waals surface area contributed by atoms with E-state index in [1.165, 1.54) is 47.9 Å². The first-order valence-corrected chi connectivity index (χ1v) is 13.8. The van der Waals surface area contributed by atoms with Gasteiger partial charge >= 0.3 is 0 Å². The number of carbonyl (C=O) groups excluding carboxylic acids is 1. The van der Waals surface area contributed by atoms with E-state index >= 15 is 0 Å². The zero-order chi connectivity index (χ0) is 25.4. The number of hydrogen-bond acceptors (Lipinski definition) is 3. The van der Waals surface area contributed by atoms with Crippen molar-refractivity contribution in [3.8, 4) is 22.8 Å². The normalized spacial score (nSPS) is 18.8. The molecule has 0 aliphatic heterocycles. The zero-order valence-corrected chi connectivity index (χ0v) is 21.9. The summed E-state index contributed by atoms with van der Waals surface area (Å²) in [4.78, 5) is 26.3. The Hall–Kier alpha value is -3.53. The molecule has 0 radical (unpaired) electrons. The van der Waals surface area contributed by atoms with Crippen molar-refractivity contribution in [1.29, 1.82) is 0 Å². The van der Waals surface area contributed by atoms with Crippen LogP contribution in [0, 0.1) is 18.8 Å². The van der Waals surface area contributed by atoms with Gasteiger partial charge in [-0.25, -0.2) is 9.97 Å². The van der Waals surface area contributed by atoms with Crippen LogP contribution in [0.1, 0.15) is 70.9 Å². The third kappa shape index (κ3) is 5.02. The SMILES string of the molecule is Cc1[nH]c(-c2ncc3c(n2)-c2ccccc2CC3)cc1C(=O)Cc1cccc(CC2CCC(C)CC2)c1. The second kappa shape index (κ2) is 10.1. The van der Waals surface area contributed by atoms with Gasteiger partial charge < -0.3 is 4.98 Å². The van der Waals surface area contributed by atoms with Gasteiger partial charge in [0.1, 0.15) is 0 Å². The zero-order valence-electron chi connectivity index (χ0n) is 21.9. The minimum atomic E-state index is 0.131. The number of nitrogens with one attached hydrogen (secondary N) is 1. The van der Waals surface area contributed by atoms with Crippen molar-refractivity contribution in [2.75, 3.05) is 0 Å². The van der Waals surface area contributed by atoms with Crippen LogP contribution < -0.4 is 0 Å². The van der Waals surface area contributed by atoms with Gasteiger partial charge in [0.2, 0.25) is 0 Å². The molecule has 0 saturated heterocycles. The Labute approximate surface area is 219 Å². The highest BCUT2D eigenvalue weighted by Crippen LogP contribution is 2.33. The summed E-state index contributed by atoms with van der Waals surface area (Å²) < 4.78 is 0. The van der Waals surface area contributed by atoms with E-state index in [4.69, 9.17) is 4.98 Å². The van der Waals surface area contributed by atoms with Gasteiger partial charge in [0.05, 0.1) is 11.4 Å². The summed E-state index contributed by atoms with van der Waals surface area (Å²) in [5, 5.41) is 0. The van der Waals surface area contributed by atoms with Crippen LogP contribution in [0.15, 0.2) is 60.8 Å². The van der Waals surface area contributed by atoms with Gasteiger partial charge in [0, 0.05) is 29.4 Å². The van der Waals surface area contributed by atoms with Gasteiger partial charge in [0.25, 0.3) is 0 Å². The molecular formula is C33H35N3O. The number of aryl methyl sites for hydroxylation is 3. The number of rotatable bonds is 6. The summed E-state index contributed by atoms with van der Waals surface area (Å²) in [6, 6.07) is 19.1. The predicted octanol–water partition coefficient (Wildman–Crippen LogP) is 7.34. The van der Waals surface area contributed by atoms with Gasteiger partial charge in [0.15, 0.2) is 11.6 Å². The molecule has 1 saturated carbocycles. The fraction of sp³-hybridized carbons (Fsp3) is 0.364. The van der Waals surface area contributed by atoms with E-state index in [1.807, 2.05) is 19.2 Å². The van der Waals surface area contributed by atoms with Crippen molar-refractivity contribution >= 4 is 5.78 Å². The van der Waals surface area contributed by atoms with Gasteiger partial charge in [-0.1, -0.05) is 68.3 Å². The molecule has 2 aliphatic rings. The molecule has 2 heterocycles. The summed E-state index contributed by atoms with van der Waals surface area (Å²) in [7, 11) is 0. The molecule has 4 nitrogen and oxygen atoms in total. The third-order valence-electron chi connectivity index (χ3n) is 8.37. The van der Waals surface area contributed by atoms with E-state index in [1.54, 1.807) is 0 Å². The Bertz CT molecular complexity index is 1440. The molecule has 6 rings (SSSR count). The largest absolute Gasteiger partial charge is 0.355 e. The summed E-state index contributed by atoms with van der Waals surface area (Å²) >= 11 is 0. The maximum Gasteiger partial charge on any atom is 0.176 e. The Morgan fingerprint density at radius 1 is 0.946 bits per heavy atom. The average Bonchev–Trinajstić information content (AvgIpc) is 3.31. The molecule has 4 heteroatoms. The van der Waals surface area contributed by atoms with Crippen LogP contribution in [-0.4, -0.2) is 20.7 Å². The van der Waals surface area contributed by atoms with Crippen molar-refractivity contribution in [1.82, 2.24) is 15.0 Å². The molecule has 0 spiro atoms. The molecule has 0 amide bonds. The van der Waals surface area contributed by atoms with Crippen molar-refractivity contribution in [2.45, 2.75) is 65.2 Å². The third-order valence-corrected chi connectivity index (χ3v) is 8.37. The van der Waals surface area contributed by atoms with Crippen LogP contribution in [0.5, 0.6) is 0 Å². The van der Waals surface area contributed by atoms with Gasteiger partial charge in [-0.05, 0) is 79.2 Å². The number of benzene rings is 2. The second-order valence-electron chi connectivity index (χ2n) is 11.2. The smallest absolute Gasteiger partial charge is 0.176 e. The Morgan fingerprint density at radius 3 is 2.59 bits per heavy atom. The molecule has 37 heavy (non-hydrogen) atoms. The molecule has 0 unspecified atom stereocenters. The average molecular weight is 490 g/mol. The lowest BCUT2D eigenvalue weighted by atomic mass is 9.80. The summed E-state index contributed by atoms with van der Waals surface area (Å²) in [6.07, 6.45) is 10.8. The minimum Gasteiger partial charge on any atom is -0.355 e. The van der Waals surface area contributed by atoms with Gasteiger partial charge in [-0.2, -0.15) is 0 Å². The number of H-pyrrole nitrogens is 1.